The highest BCUT2D eigenvalue weighted by atomic mass is 32.2. The zero-order chi connectivity index (χ0) is 20.3. The number of anilines is 2. The molecule has 0 bridgehead atoms. The molecular weight excluding hydrogens is 378 g/mol. The number of hydrogen-bond donors (Lipinski definition) is 2. The predicted molar refractivity (Wildman–Crippen MR) is 107 cm³/mol. The number of sulfonamides is 1. The molecule has 0 aliphatic carbocycles. The van der Waals surface area contributed by atoms with Gasteiger partial charge in [-0.15, -0.1) is 0 Å². The highest BCUT2D eigenvalue weighted by Crippen LogP contribution is 2.26. The van der Waals surface area contributed by atoms with Crippen LogP contribution in [0.25, 0.3) is 0 Å². The molecule has 8 heteroatoms. The topological polar surface area (TPSA) is 101 Å². The van der Waals surface area contributed by atoms with Crippen LogP contribution in [0.3, 0.4) is 0 Å². The molecule has 7 nitrogen and oxygen atoms in total. The SMILES string of the molecule is Cc1cc(NC(=O)c2cccc(S(=O)(=O)Nc3ccccc3C(C)C)c2)no1. The van der Waals surface area contributed by atoms with Crippen LogP contribution in [0.2, 0.25) is 0 Å². The Kier molecular flexibility index (Phi) is 5.51. The van der Waals surface area contributed by atoms with E-state index in [1.165, 1.54) is 24.3 Å². The fourth-order valence-electron chi connectivity index (χ4n) is 2.72. The number of hydrogen-bond acceptors (Lipinski definition) is 5. The maximum Gasteiger partial charge on any atom is 0.261 e. The van der Waals surface area contributed by atoms with Gasteiger partial charge >= 0.3 is 0 Å². The molecule has 0 radical (unpaired) electrons. The third-order valence-electron chi connectivity index (χ3n) is 4.10. The third-order valence-corrected chi connectivity index (χ3v) is 5.47. The molecule has 0 saturated carbocycles. The first-order valence-corrected chi connectivity index (χ1v) is 10.2. The lowest BCUT2D eigenvalue weighted by molar-refractivity contribution is 0.102. The van der Waals surface area contributed by atoms with Gasteiger partial charge in [-0.1, -0.05) is 43.3 Å². The number of nitrogens with zero attached hydrogens (tertiary/aromatic N) is 1. The van der Waals surface area contributed by atoms with Crippen LogP contribution in [0.1, 0.15) is 41.4 Å². The minimum atomic E-state index is -3.86. The molecular formula is C20H21N3O4S. The zero-order valence-corrected chi connectivity index (χ0v) is 16.6. The Morgan fingerprint density at radius 2 is 1.82 bits per heavy atom. The molecule has 0 aliphatic rings. The maximum absolute atomic E-state index is 12.8. The Bertz CT molecular complexity index is 1100. The summed E-state index contributed by atoms with van der Waals surface area (Å²) in [7, 11) is -3.86. The van der Waals surface area contributed by atoms with Crippen LogP contribution in [-0.2, 0) is 10.0 Å². The lowest BCUT2D eigenvalue weighted by Crippen LogP contribution is -2.17. The molecule has 0 fully saturated rings. The second-order valence-corrected chi connectivity index (χ2v) is 8.33. The third kappa shape index (κ3) is 4.40. The number of carbonyl (C=O) groups excluding carboxylic acids is 1. The van der Waals surface area contributed by atoms with E-state index in [0.29, 0.717) is 11.4 Å². The molecule has 3 rings (SSSR count). The van der Waals surface area contributed by atoms with Crippen LogP contribution in [0, 0.1) is 6.92 Å². The van der Waals surface area contributed by atoms with Crippen molar-refractivity contribution in [2.75, 3.05) is 10.0 Å². The van der Waals surface area contributed by atoms with E-state index >= 15 is 0 Å². The van der Waals surface area contributed by atoms with Crippen LogP contribution in [-0.4, -0.2) is 19.5 Å². The number of aryl methyl sites for hydroxylation is 1. The number of amides is 1. The van der Waals surface area contributed by atoms with Crippen molar-refractivity contribution in [3.05, 3.63) is 71.5 Å². The summed E-state index contributed by atoms with van der Waals surface area (Å²) in [5.41, 5.74) is 1.60. The summed E-state index contributed by atoms with van der Waals surface area (Å²) in [6.45, 7) is 5.68. The highest BCUT2D eigenvalue weighted by Gasteiger charge is 2.19. The fourth-order valence-corrected chi connectivity index (χ4v) is 3.85. The van der Waals surface area contributed by atoms with Crippen molar-refractivity contribution in [2.45, 2.75) is 31.6 Å². The molecule has 1 heterocycles. The second-order valence-electron chi connectivity index (χ2n) is 6.65. The Balaban J connectivity index is 1.85. The van der Waals surface area contributed by atoms with E-state index in [0.717, 1.165) is 5.56 Å². The molecule has 0 spiro atoms. The van der Waals surface area contributed by atoms with Gasteiger partial charge in [0.15, 0.2) is 5.82 Å². The molecule has 0 unspecified atom stereocenters. The largest absolute Gasteiger partial charge is 0.360 e. The van der Waals surface area contributed by atoms with Gasteiger partial charge in [-0.05, 0) is 42.7 Å². The Labute approximate surface area is 163 Å². The van der Waals surface area contributed by atoms with Gasteiger partial charge in [0, 0.05) is 11.6 Å². The van der Waals surface area contributed by atoms with Crippen LogP contribution < -0.4 is 10.0 Å². The molecule has 0 atom stereocenters. The summed E-state index contributed by atoms with van der Waals surface area (Å²) in [5, 5.41) is 6.27. The number of nitrogens with one attached hydrogen (secondary N) is 2. The van der Waals surface area contributed by atoms with Gasteiger partial charge in [0.2, 0.25) is 0 Å². The molecule has 2 N–H and O–H groups in total. The first kappa shape index (κ1) is 19.6. The standard InChI is InChI=1S/C20H21N3O4S/c1-13(2)17-9-4-5-10-18(17)23-28(25,26)16-8-6-7-15(12-16)20(24)21-19-11-14(3)27-22-19/h4-13,23H,1-3H3,(H,21,22,24). The van der Waals surface area contributed by atoms with Gasteiger partial charge in [-0.2, -0.15) is 0 Å². The lowest BCUT2D eigenvalue weighted by Gasteiger charge is -2.15. The maximum atomic E-state index is 12.8. The highest BCUT2D eigenvalue weighted by molar-refractivity contribution is 7.92. The molecule has 2 aromatic carbocycles. The number of aromatic nitrogens is 1. The smallest absolute Gasteiger partial charge is 0.261 e. The molecule has 0 aliphatic heterocycles. The monoisotopic (exact) mass is 399 g/mol. The van der Waals surface area contributed by atoms with Crippen LogP contribution in [0.4, 0.5) is 11.5 Å². The predicted octanol–water partition coefficient (Wildman–Crippen LogP) is 4.16. The summed E-state index contributed by atoms with van der Waals surface area (Å²) >= 11 is 0. The normalized spacial score (nSPS) is 11.4. The van der Waals surface area contributed by atoms with Gasteiger partial charge in [-0.25, -0.2) is 8.42 Å². The van der Waals surface area contributed by atoms with E-state index in [-0.39, 0.29) is 22.2 Å². The van der Waals surface area contributed by atoms with Crippen LogP contribution in [0.5, 0.6) is 0 Å². The van der Waals surface area contributed by atoms with Crippen molar-refractivity contribution in [3.63, 3.8) is 0 Å². The minimum absolute atomic E-state index is 0.00459. The first-order valence-electron chi connectivity index (χ1n) is 8.73. The van der Waals surface area contributed by atoms with Crippen LogP contribution in [0.15, 0.2) is 64.0 Å². The van der Waals surface area contributed by atoms with E-state index in [1.807, 2.05) is 26.0 Å². The zero-order valence-electron chi connectivity index (χ0n) is 15.8. The molecule has 3 aromatic rings. The molecule has 1 aromatic heterocycles. The fraction of sp³-hybridized carbons (Fsp3) is 0.200. The summed E-state index contributed by atoms with van der Waals surface area (Å²) < 4.78 is 33.2. The van der Waals surface area contributed by atoms with Gasteiger partial charge in [0.05, 0.1) is 10.6 Å². The Hall–Kier alpha value is -3.13. The average Bonchev–Trinajstić information content (AvgIpc) is 3.06. The Morgan fingerprint density at radius 3 is 2.50 bits per heavy atom. The first-order chi connectivity index (χ1) is 13.3. The summed E-state index contributed by atoms with van der Waals surface area (Å²) in [5.74, 6) is 0.495. The van der Waals surface area contributed by atoms with E-state index in [9.17, 15) is 13.2 Å². The molecule has 1 amide bonds. The van der Waals surface area contributed by atoms with Gasteiger partial charge in [0.1, 0.15) is 5.76 Å². The molecule has 28 heavy (non-hydrogen) atoms. The van der Waals surface area contributed by atoms with E-state index in [1.54, 1.807) is 25.1 Å². The van der Waals surface area contributed by atoms with Crippen molar-refractivity contribution in [2.24, 2.45) is 0 Å². The van der Waals surface area contributed by atoms with Gasteiger partial charge < -0.3 is 9.84 Å². The number of benzene rings is 2. The number of rotatable bonds is 6. The van der Waals surface area contributed by atoms with Crippen LogP contribution >= 0.6 is 0 Å². The number of para-hydroxylation sites is 1. The summed E-state index contributed by atoms with van der Waals surface area (Å²) in [6.07, 6.45) is 0. The van der Waals surface area contributed by atoms with E-state index < -0.39 is 15.9 Å². The second kappa shape index (κ2) is 7.85. The van der Waals surface area contributed by atoms with Crippen molar-refractivity contribution in [1.82, 2.24) is 5.16 Å². The summed E-state index contributed by atoms with van der Waals surface area (Å²) in [4.78, 5) is 12.4. The quantitative estimate of drug-likeness (QED) is 0.648. The minimum Gasteiger partial charge on any atom is -0.360 e. The Morgan fingerprint density at radius 1 is 1.07 bits per heavy atom. The van der Waals surface area contributed by atoms with Crippen molar-refractivity contribution < 1.29 is 17.7 Å². The van der Waals surface area contributed by atoms with Crippen molar-refractivity contribution >= 4 is 27.4 Å². The molecule has 0 saturated heterocycles. The average molecular weight is 399 g/mol. The van der Waals surface area contributed by atoms with E-state index in [2.05, 4.69) is 15.2 Å². The summed E-state index contributed by atoms with van der Waals surface area (Å²) in [6, 6.07) is 14.6. The number of carbonyl (C=O) groups is 1. The van der Waals surface area contributed by atoms with E-state index in [4.69, 9.17) is 4.52 Å². The van der Waals surface area contributed by atoms with Crippen molar-refractivity contribution in [3.8, 4) is 0 Å². The van der Waals surface area contributed by atoms with Gasteiger partial charge in [0.25, 0.3) is 15.9 Å². The van der Waals surface area contributed by atoms with Gasteiger partial charge in [-0.3, -0.25) is 9.52 Å². The lowest BCUT2D eigenvalue weighted by atomic mass is 10.0. The molecule has 146 valence electrons. The van der Waals surface area contributed by atoms with Crippen molar-refractivity contribution in [1.29, 1.82) is 0 Å².